The van der Waals surface area contributed by atoms with Crippen LogP contribution >= 0.6 is 34.5 Å². The van der Waals surface area contributed by atoms with Gasteiger partial charge in [0.1, 0.15) is 10.7 Å². The number of halogens is 2. The molecule has 0 radical (unpaired) electrons. The molecule has 1 N–H and O–H groups in total. The Balaban J connectivity index is 1.93. The highest BCUT2D eigenvalue weighted by Gasteiger charge is 2.20. The number of nitrogens with one attached hydrogen (secondary N) is 1. The summed E-state index contributed by atoms with van der Waals surface area (Å²) in [5.41, 5.74) is 0. The minimum Gasteiger partial charge on any atom is -0.448 e. The van der Waals surface area contributed by atoms with E-state index in [2.05, 4.69) is 10.3 Å². The first-order valence-electron chi connectivity index (χ1n) is 5.84. The molecule has 0 spiro atoms. The van der Waals surface area contributed by atoms with E-state index in [0.29, 0.717) is 20.1 Å². The third-order valence-corrected chi connectivity index (χ3v) is 3.84. The lowest BCUT2D eigenvalue weighted by atomic mass is 10.3. The molecule has 0 saturated carbocycles. The number of rotatable bonds is 4. The maximum absolute atomic E-state index is 11.9. The van der Waals surface area contributed by atoms with Gasteiger partial charge in [0, 0.05) is 6.20 Å². The van der Waals surface area contributed by atoms with Crippen molar-refractivity contribution in [2.24, 2.45) is 0 Å². The predicted molar refractivity (Wildman–Crippen MR) is 82.1 cm³/mol. The monoisotopic (exact) mass is 344 g/mol. The summed E-state index contributed by atoms with van der Waals surface area (Å²) in [5.74, 6) is -0.758. The fraction of sp³-hybridized carbons (Fsp3) is 0.154. The van der Waals surface area contributed by atoms with Crippen LogP contribution in [0, 0.1) is 0 Å². The lowest BCUT2D eigenvalue weighted by Crippen LogP contribution is -2.30. The van der Waals surface area contributed by atoms with Crippen LogP contribution in [0.25, 0.3) is 0 Å². The number of carbonyl (C=O) groups is 2. The fourth-order valence-electron chi connectivity index (χ4n) is 1.37. The highest BCUT2D eigenvalue weighted by Crippen LogP contribution is 2.22. The van der Waals surface area contributed by atoms with Crippen molar-refractivity contribution in [3.63, 3.8) is 0 Å². The molecule has 21 heavy (non-hydrogen) atoms. The van der Waals surface area contributed by atoms with E-state index < -0.39 is 18.0 Å². The average Bonchev–Trinajstić information content (AvgIpc) is 2.88. The van der Waals surface area contributed by atoms with Gasteiger partial charge in [-0.05, 0) is 31.2 Å². The number of thiophene rings is 1. The molecule has 2 aromatic rings. The van der Waals surface area contributed by atoms with Crippen LogP contribution in [0.4, 0.5) is 5.82 Å². The van der Waals surface area contributed by atoms with Gasteiger partial charge in [0.05, 0.1) is 9.36 Å². The van der Waals surface area contributed by atoms with Crippen molar-refractivity contribution < 1.29 is 14.3 Å². The molecular weight excluding hydrogens is 335 g/mol. The van der Waals surface area contributed by atoms with E-state index in [1.165, 1.54) is 13.1 Å². The molecule has 0 aliphatic heterocycles. The standard InChI is InChI=1S/C13H10Cl2N2O3S/c1-7(20-13(19)9-3-4-10(15)21-9)12(18)17-11-5-2-8(14)6-16-11/h2-7H,1H3,(H,16,17,18). The van der Waals surface area contributed by atoms with E-state index in [4.69, 9.17) is 27.9 Å². The molecule has 0 fully saturated rings. The summed E-state index contributed by atoms with van der Waals surface area (Å²) in [4.78, 5) is 27.9. The summed E-state index contributed by atoms with van der Waals surface area (Å²) in [7, 11) is 0. The molecule has 8 heteroatoms. The van der Waals surface area contributed by atoms with Gasteiger partial charge in [-0.15, -0.1) is 11.3 Å². The van der Waals surface area contributed by atoms with Crippen LogP contribution in [0.15, 0.2) is 30.5 Å². The molecule has 110 valence electrons. The minimum absolute atomic E-state index is 0.325. The Morgan fingerprint density at radius 3 is 2.62 bits per heavy atom. The topological polar surface area (TPSA) is 68.3 Å². The van der Waals surface area contributed by atoms with Crippen molar-refractivity contribution >= 4 is 52.2 Å². The van der Waals surface area contributed by atoms with Gasteiger partial charge in [-0.25, -0.2) is 9.78 Å². The van der Waals surface area contributed by atoms with E-state index in [1.807, 2.05) is 0 Å². The second-order valence-corrected chi connectivity index (χ2v) is 6.15. The Hall–Kier alpha value is -1.63. The van der Waals surface area contributed by atoms with Crippen LogP contribution in [-0.4, -0.2) is 23.0 Å². The number of ether oxygens (including phenoxy) is 1. The van der Waals surface area contributed by atoms with Crippen LogP contribution in [0.3, 0.4) is 0 Å². The zero-order chi connectivity index (χ0) is 15.4. The Bertz CT molecular complexity index is 658. The van der Waals surface area contributed by atoms with Crippen molar-refractivity contribution in [1.82, 2.24) is 4.98 Å². The Morgan fingerprint density at radius 1 is 1.29 bits per heavy atom. The van der Waals surface area contributed by atoms with Gasteiger partial charge in [-0.2, -0.15) is 0 Å². The second-order valence-electron chi connectivity index (χ2n) is 4.00. The maximum atomic E-state index is 11.9. The number of aromatic nitrogens is 1. The highest BCUT2D eigenvalue weighted by atomic mass is 35.5. The summed E-state index contributed by atoms with van der Waals surface area (Å²) >= 11 is 12.5. The van der Waals surface area contributed by atoms with Crippen molar-refractivity contribution in [1.29, 1.82) is 0 Å². The molecule has 0 bridgehead atoms. The number of carbonyl (C=O) groups excluding carboxylic acids is 2. The van der Waals surface area contributed by atoms with E-state index in [0.717, 1.165) is 11.3 Å². The molecular formula is C13H10Cl2N2O3S. The molecule has 0 aliphatic rings. The van der Waals surface area contributed by atoms with Gasteiger partial charge in [0.25, 0.3) is 5.91 Å². The van der Waals surface area contributed by atoms with E-state index >= 15 is 0 Å². The van der Waals surface area contributed by atoms with Gasteiger partial charge in [0.15, 0.2) is 6.10 Å². The molecule has 1 amide bonds. The summed E-state index contributed by atoms with van der Waals surface area (Å²) in [6.45, 7) is 1.47. The summed E-state index contributed by atoms with van der Waals surface area (Å²) in [6, 6.07) is 6.27. The lowest BCUT2D eigenvalue weighted by molar-refractivity contribution is -0.123. The van der Waals surface area contributed by atoms with E-state index in [9.17, 15) is 9.59 Å². The van der Waals surface area contributed by atoms with Crippen LogP contribution < -0.4 is 5.32 Å². The number of anilines is 1. The summed E-state index contributed by atoms with van der Waals surface area (Å²) in [6.07, 6.45) is 0.442. The van der Waals surface area contributed by atoms with Crippen molar-refractivity contribution in [2.75, 3.05) is 5.32 Å². The van der Waals surface area contributed by atoms with Crippen LogP contribution in [0.2, 0.25) is 9.36 Å². The quantitative estimate of drug-likeness (QED) is 0.859. The first-order chi connectivity index (χ1) is 9.95. The third kappa shape index (κ3) is 4.42. The highest BCUT2D eigenvalue weighted by molar-refractivity contribution is 7.17. The van der Waals surface area contributed by atoms with Gasteiger partial charge in [-0.3, -0.25) is 4.79 Å². The van der Waals surface area contributed by atoms with E-state index in [1.54, 1.807) is 24.3 Å². The largest absolute Gasteiger partial charge is 0.448 e. The number of nitrogens with zero attached hydrogens (tertiary/aromatic N) is 1. The van der Waals surface area contributed by atoms with Gasteiger partial charge < -0.3 is 10.1 Å². The van der Waals surface area contributed by atoms with Crippen LogP contribution in [-0.2, 0) is 9.53 Å². The minimum atomic E-state index is -0.962. The SMILES string of the molecule is CC(OC(=O)c1ccc(Cl)s1)C(=O)Nc1ccc(Cl)cn1. The van der Waals surface area contributed by atoms with E-state index in [-0.39, 0.29) is 0 Å². The molecule has 2 aromatic heterocycles. The smallest absolute Gasteiger partial charge is 0.349 e. The van der Waals surface area contributed by atoms with Crippen molar-refractivity contribution in [2.45, 2.75) is 13.0 Å². The molecule has 2 heterocycles. The Morgan fingerprint density at radius 2 is 2.05 bits per heavy atom. The van der Waals surface area contributed by atoms with Gasteiger partial charge in [-0.1, -0.05) is 23.2 Å². The van der Waals surface area contributed by atoms with Crippen LogP contribution in [0.5, 0.6) is 0 Å². The molecule has 0 saturated heterocycles. The molecule has 0 aliphatic carbocycles. The number of amides is 1. The third-order valence-electron chi connectivity index (χ3n) is 2.41. The zero-order valence-corrected chi connectivity index (χ0v) is 13.1. The zero-order valence-electron chi connectivity index (χ0n) is 10.8. The maximum Gasteiger partial charge on any atom is 0.349 e. The van der Waals surface area contributed by atoms with Crippen molar-refractivity contribution in [3.8, 4) is 0 Å². The average molecular weight is 345 g/mol. The summed E-state index contributed by atoms with van der Waals surface area (Å²) < 4.78 is 5.53. The van der Waals surface area contributed by atoms with Crippen molar-refractivity contribution in [3.05, 3.63) is 44.7 Å². The molecule has 2 rings (SSSR count). The summed E-state index contributed by atoms with van der Waals surface area (Å²) in [5, 5.41) is 2.98. The van der Waals surface area contributed by atoms with Gasteiger partial charge in [0.2, 0.25) is 0 Å². The normalized spacial score (nSPS) is 11.8. The first kappa shape index (κ1) is 15.8. The lowest BCUT2D eigenvalue weighted by Gasteiger charge is -2.12. The number of hydrogen-bond donors (Lipinski definition) is 1. The number of pyridine rings is 1. The number of hydrogen-bond acceptors (Lipinski definition) is 5. The Labute approximate surface area is 134 Å². The fourth-order valence-corrected chi connectivity index (χ4v) is 2.41. The van der Waals surface area contributed by atoms with Crippen LogP contribution in [0.1, 0.15) is 16.6 Å². The number of esters is 1. The predicted octanol–water partition coefficient (Wildman–Crippen LogP) is 3.63. The molecule has 5 nitrogen and oxygen atoms in total. The molecule has 1 unspecified atom stereocenters. The second kappa shape index (κ2) is 6.89. The first-order valence-corrected chi connectivity index (χ1v) is 7.41. The molecule has 1 atom stereocenters. The Kier molecular flexibility index (Phi) is 5.17. The molecule has 0 aromatic carbocycles. The van der Waals surface area contributed by atoms with Gasteiger partial charge >= 0.3 is 5.97 Å².